The topological polar surface area (TPSA) is 64.9 Å². The van der Waals surface area contributed by atoms with Gasteiger partial charge in [-0.25, -0.2) is 13.2 Å². The molecule has 84 valence electrons. The van der Waals surface area contributed by atoms with Crippen LogP contribution < -0.4 is 5.73 Å². The molecule has 0 radical (unpaired) electrons. The van der Waals surface area contributed by atoms with Gasteiger partial charge in [0.25, 0.3) is 5.89 Å². The fraction of sp³-hybridized carbons (Fsp3) is 0.111. The van der Waals surface area contributed by atoms with Crippen LogP contribution in [-0.4, -0.2) is 10.1 Å². The summed E-state index contributed by atoms with van der Waals surface area (Å²) in [6.45, 7) is -0.0199. The van der Waals surface area contributed by atoms with Crippen molar-refractivity contribution in [3.8, 4) is 11.5 Å². The Kier molecular flexibility index (Phi) is 2.61. The highest BCUT2D eigenvalue weighted by molar-refractivity contribution is 5.54. The van der Waals surface area contributed by atoms with E-state index in [0.29, 0.717) is 12.1 Å². The van der Waals surface area contributed by atoms with Crippen molar-refractivity contribution in [3.63, 3.8) is 0 Å². The number of hydrogen-bond donors (Lipinski definition) is 1. The van der Waals surface area contributed by atoms with E-state index in [1.165, 1.54) is 0 Å². The van der Waals surface area contributed by atoms with Crippen molar-refractivity contribution in [2.75, 3.05) is 0 Å². The van der Waals surface area contributed by atoms with Gasteiger partial charge >= 0.3 is 0 Å². The Balaban J connectivity index is 2.55. The summed E-state index contributed by atoms with van der Waals surface area (Å²) >= 11 is 0. The standard InChI is InChI=1S/C9H6F3N3O/c10-4-1-5(11)8(6(12)2-4)9-14-7(3-13)15-16-9/h1-2H,3,13H2. The Morgan fingerprint density at radius 1 is 1.19 bits per heavy atom. The molecule has 2 aromatic rings. The van der Waals surface area contributed by atoms with Crippen molar-refractivity contribution in [1.29, 1.82) is 0 Å². The molecule has 2 rings (SSSR count). The van der Waals surface area contributed by atoms with E-state index in [2.05, 4.69) is 14.7 Å². The normalized spacial score (nSPS) is 10.8. The largest absolute Gasteiger partial charge is 0.334 e. The predicted octanol–water partition coefficient (Wildman–Crippen LogP) is 1.61. The van der Waals surface area contributed by atoms with E-state index in [9.17, 15) is 13.2 Å². The molecule has 0 aliphatic rings. The van der Waals surface area contributed by atoms with Crippen molar-refractivity contribution in [1.82, 2.24) is 10.1 Å². The number of nitrogens with two attached hydrogens (primary N) is 1. The van der Waals surface area contributed by atoms with Gasteiger partial charge in [-0.1, -0.05) is 5.16 Å². The fourth-order valence-electron chi connectivity index (χ4n) is 1.18. The quantitative estimate of drug-likeness (QED) is 0.849. The first-order valence-electron chi connectivity index (χ1n) is 4.29. The summed E-state index contributed by atoms with van der Waals surface area (Å²) in [7, 11) is 0. The molecule has 0 saturated heterocycles. The van der Waals surface area contributed by atoms with Crippen molar-refractivity contribution < 1.29 is 17.7 Å². The van der Waals surface area contributed by atoms with Crippen LogP contribution in [0.3, 0.4) is 0 Å². The lowest BCUT2D eigenvalue weighted by atomic mass is 10.2. The molecule has 0 amide bonds. The zero-order valence-electron chi connectivity index (χ0n) is 7.88. The predicted molar refractivity (Wildman–Crippen MR) is 47.5 cm³/mol. The summed E-state index contributed by atoms with van der Waals surface area (Å²) in [6, 6.07) is 1.06. The van der Waals surface area contributed by atoms with Gasteiger partial charge in [0.05, 0.1) is 6.54 Å². The van der Waals surface area contributed by atoms with Crippen LogP contribution in [-0.2, 0) is 6.54 Å². The van der Waals surface area contributed by atoms with E-state index in [-0.39, 0.29) is 18.3 Å². The number of nitrogens with zero attached hydrogens (tertiary/aromatic N) is 2. The summed E-state index contributed by atoms with van der Waals surface area (Å²) in [5.41, 5.74) is 4.65. The van der Waals surface area contributed by atoms with Crippen LogP contribution in [0.4, 0.5) is 13.2 Å². The van der Waals surface area contributed by atoms with Gasteiger partial charge in [0.1, 0.15) is 23.0 Å². The molecule has 7 heteroatoms. The van der Waals surface area contributed by atoms with E-state index in [4.69, 9.17) is 5.73 Å². The summed E-state index contributed by atoms with van der Waals surface area (Å²) in [5.74, 6) is -3.49. The molecular formula is C9H6F3N3O. The average Bonchev–Trinajstić information content (AvgIpc) is 2.64. The summed E-state index contributed by atoms with van der Waals surface area (Å²) in [4.78, 5) is 3.65. The minimum atomic E-state index is -1.11. The van der Waals surface area contributed by atoms with Gasteiger partial charge in [-0.3, -0.25) is 0 Å². The Hall–Kier alpha value is -1.89. The zero-order valence-corrected chi connectivity index (χ0v) is 7.88. The monoisotopic (exact) mass is 229 g/mol. The maximum atomic E-state index is 13.3. The lowest BCUT2D eigenvalue weighted by Crippen LogP contribution is -1.98. The summed E-state index contributed by atoms with van der Waals surface area (Å²) in [5, 5.41) is 3.38. The van der Waals surface area contributed by atoms with Crippen molar-refractivity contribution >= 4 is 0 Å². The number of hydrogen-bond acceptors (Lipinski definition) is 4. The first kappa shape index (κ1) is 10.6. The lowest BCUT2D eigenvalue weighted by Gasteiger charge is -1.99. The molecule has 0 spiro atoms. The third-order valence-corrected chi connectivity index (χ3v) is 1.87. The molecule has 1 heterocycles. The van der Waals surface area contributed by atoms with Gasteiger partial charge in [0.2, 0.25) is 0 Å². The number of aromatic nitrogens is 2. The Morgan fingerprint density at radius 3 is 2.31 bits per heavy atom. The highest BCUT2D eigenvalue weighted by atomic mass is 19.1. The Labute approximate surface area is 87.9 Å². The SMILES string of the molecule is NCc1noc(-c2c(F)cc(F)cc2F)n1. The van der Waals surface area contributed by atoms with Crippen LogP contribution >= 0.6 is 0 Å². The third kappa shape index (κ3) is 1.76. The smallest absolute Gasteiger partial charge is 0.263 e. The van der Waals surface area contributed by atoms with Gasteiger partial charge < -0.3 is 10.3 Å². The second-order valence-corrected chi connectivity index (χ2v) is 2.96. The Bertz CT molecular complexity index is 503. The highest BCUT2D eigenvalue weighted by Gasteiger charge is 2.19. The van der Waals surface area contributed by atoms with Crippen LogP contribution in [0.1, 0.15) is 5.82 Å². The minimum Gasteiger partial charge on any atom is -0.334 e. The van der Waals surface area contributed by atoms with Gasteiger partial charge in [0, 0.05) is 12.1 Å². The van der Waals surface area contributed by atoms with Gasteiger partial charge in [0.15, 0.2) is 5.82 Å². The van der Waals surface area contributed by atoms with E-state index < -0.39 is 23.0 Å². The second-order valence-electron chi connectivity index (χ2n) is 2.96. The van der Waals surface area contributed by atoms with Crippen LogP contribution in [0.15, 0.2) is 16.7 Å². The zero-order chi connectivity index (χ0) is 11.7. The van der Waals surface area contributed by atoms with Crippen LogP contribution in [0, 0.1) is 17.5 Å². The van der Waals surface area contributed by atoms with Crippen molar-refractivity contribution in [2.24, 2.45) is 5.73 Å². The van der Waals surface area contributed by atoms with E-state index in [1.807, 2.05) is 0 Å². The Morgan fingerprint density at radius 2 is 1.81 bits per heavy atom. The molecule has 0 atom stereocenters. The fourth-order valence-corrected chi connectivity index (χ4v) is 1.18. The van der Waals surface area contributed by atoms with E-state index in [1.54, 1.807) is 0 Å². The molecular weight excluding hydrogens is 223 g/mol. The summed E-state index contributed by atoms with van der Waals surface area (Å²) in [6.07, 6.45) is 0. The third-order valence-electron chi connectivity index (χ3n) is 1.87. The average molecular weight is 229 g/mol. The summed E-state index contributed by atoms with van der Waals surface area (Å²) < 4.78 is 43.8. The molecule has 1 aromatic carbocycles. The van der Waals surface area contributed by atoms with Gasteiger partial charge in [-0.15, -0.1) is 0 Å². The van der Waals surface area contributed by atoms with Crippen LogP contribution in [0.2, 0.25) is 0 Å². The highest BCUT2D eigenvalue weighted by Crippen LogP contribution is 2.25. The molecule has 0 bridgehead atoms. The molecule has 2 N–H and O–H groups in total. The number of rotatable bonds is 2. The molecule has 0 fully saturated rings. The van der Waals surface area contributed by atoms with Crippen molar-refractivity contribution in [2.45, 2.75) is 6.54 Å². The molecule has 0 saturated carbocycles. The molecule has 16 heavy (non-hydrogen) atoms. The van der Waals surface area contributed by atoms with Crippen molar-refractivity contribution in [3.05, 3.63) is 35.4 Å². The maximum absolute atomic E-state index is 13.3. The molecule has 0 unspecified atom stereocenters. The van der Waals surface area contributed by atoms with Crippen LogP contribution in [0.25, 0.3) is 11.5 Å². The molecule has 0 aliphatic heterocycles. The minimum absolute atomic E-state index is 0.0199. The molecule has 1 aromatic heterocycles. The first-order valence-corrected chi connectivity index (χ1v) is 4.29. The van der Waals surface area contributed by atoms with E-state index >= 15 is 0 Å². The molecule has 4 nitrogen and oxygen atoms in total. The van der Waals surface area contributed by atoms with E-state index in [0.717, 1.165) is 0 Å². The first-order chi connectivity index (χ1) is 7.61. The molecule has 0 aliphatic carbocycles. The lowest BCUT2D eigenvalue weighted by molar-refractivity contribution is 0.417. The van der Waals surface area contributed by atoms with Crippen LogP contribution in [0.5, 0.6) is 0 Å². The van der Waals surface area contributed by atoms with Gasteiger partial charge in [-0.2, -0.15) is 4.98 Å². The second kappa shape index (κ2) is 3.93. The number of halogens is 3. The number of benzene rings is 1. The van der Waals surface area contributed by atoms with Gasteiger partial charge in [-0.05, 0) is 0 Å². The maximum Gasteiger partial charge on any atom is 0.263 e.